The second-order valence-electron chi connectivity index (χ2n) is 11.8. The Bertz CT molecular complexity index is 1090. The Labute approximate surface area is 229 Å². The number of hydrogen-bond donors (Lipinski definition) is 2. The van der Waals surface area contributed by atoms with Gasteiger partial charge in [0.1, 0.15) is 6.04 Å². The van der Waals surface area contributed by atoms with E-state index in [-0.39, 0.29) is 37.0 Å². The van der Waals surface area contributed by atoms with Gasteiger partial charge in [-0.15, -0.1) is 0 Å². The molecule has 3 amide bonds. The van der Waals surface area contributed by atoms with E-state index in [4.69, 9.17) is 4.74 Å². The Morgan fingerprint density at radius 1 is 0.897 bits per heavy atom. The lowest BCUT2D eigenvalue weighted by Gasteiger charge is -2.39. The monoisotopic (exact) mass is 541 g/mol. The molecule has 9 nitrogen and oxygen atoms in total. The number of nitrogens with one attached hydrogen (secondary N) is 2. The second-order valence-corrected chi connectivity index (χ2v) is 11.8. The van der Waals surface area contributed by atoms with Crippen LogP contribution in [0.25, 0.3) is 0 Å². The Morgan fingerprint density at radius 3 is 2.33 bits per heavy atom. The van der Waals surface area contributed by atoms with Gasteiger partial charge >= 0.3 is 0 Å². The van der Waals surface area contributed by atoms with Gasteiger partial charge in [0, 0.05) is 50.3 Å². The van der Waals surface area contributed by atoms with Crippen molar-refractivity contribution in [3.63, 3.8) is 0 Å². The predicted octanol–water partition coefficient (Wildman–Crippen LogP) is 2.04. The smallest absolute Gasteiger partial charge is 0.255 e. The fourth-order valence-electron chi connectivity index (χ4n) is 7.03. The molecule has 212 valence electrons. The number of piperazine rings is 1. The summed E-state index contributed by atoms with van der Waals surface area (Å²) in [6, 6.07) is 2.66. The quantitative estimate of drug-likeness (QED) is 0.533. The minimum atomic E-state index is -0.736. The third-order valence-electron chi connectivity index (χ3n) is 9.32. The molecule has 5 aliphatic rings. The van der Waals surface area contributed by atoms with E-state index in [1.54, 1.807) is 12.1 Å². The highest BCUT2D eigenvalue weighted by molar-refractivity contribution is 6.05. The zero-order valence-electron chi connectivity index (χ0n) is 22.6. The summed E-state index contributed by atoms with van der Waals surface area (Å²) >= 11 is 0. The van der Waals surface area contributed by atoms with Gasteiger partial charge in [0.15, 0.2) is 5.82 Å². The molecule has 6 rings (SSSR count). The van der Waals surface area contributed by atoms with Crippen molar-refractivity contribution < 1.29 is 23.5 Å². The number of hydrogen-bond acceptors (Lipinski definition) is 7. The molecule has 39 heavy (non-hydrogen) atoms. The van der Waals surface area contributed by atoms with E-state index in [1.807, 2.05) is 0 Å². The number of piperidine rings is 2. The Morgan fingerprint density at radius 2 is 1.62 bits per heavy atom. The van der Waals surface area contributed by atoms with Crippen LogP contribution in [0.4, 0.5) is 10.1 Å². The summed E-state index contributed by atoms with van der Waals surface area (Å²) < 4.78 is 22.1. The molecular formula is C29H40FN5O4. The standard InChI is InChI=1S/C29H40FN5O4/c30-27-23-18-35(25-7-8-26(36)32-28(25)37)29(38)22(23)5-6-24(27)34-15-13-33(14-16-34)17-19-1-3-20(4-2-19)39-21-9-11-31-12-10-21/h5-6,19-21,25,31H,1-4,7-18H2,(H,32,36,37). The van der Waals surface area contributed by atoms with Crippen LogP contribution < -0.4 is 15.5 Å². The maximum absolute atomic E-state index is 15.7. The zero-order valence-corrected chi connectivity index (χ0v) is 22.6. The number of fused-ring (bicyclic) bond motifs is 1. The molecule has 4 heterocycles. The van der Waals surface area contributed by atoms with E-state index in [0.717, 1.165) is 71.5 Å². The van der Waals surface area contributed by atoms with Gasteiger partial charge < -0.3 is 19.9 Å². The van der Waals surface area contributed by atoms with Gasteiger partial charge in [0.2, 0.25) is 11.8 Å². The van der Waals surface area contributed by atoms with Crippen molar-refractivity contribution in [3.05, 3.63) is 29.1 Å². The largest absolute Gasteiger partial charge is 0.375 e. The van der Waals surface area contributed by atoms with Crippen LogP contribution >= 0.6 is 0 Å². The molecule has 10 heteroatoms. The van der Waals surface area contributed by atoms with E-state index in [1.165, 1.54) is 17.7 Å². The number of imide groups is 1. The van der Waals surface area contributed by atoms with Crippen molar-refractivity contribution in [1.29, 1.82) is 0 Å². The van der Waals surface area contributed by atoms with Crippen LogP contribution in [0.2, 0.25) is 0 Å². The summed E-state index contributed by atoms with van der Waals surface area (Å²) in [6.45, 7) is 6.57. The predicted molar refractivity (Wildman–Crippen MR) is 144 cm³/mol. The first kappa shape index (κ1) is 26.7. The van der Waals surface area contributed by atoms with Crippen LogP contribution in [-0.2, 0) is 20.9 Å². The highest BCUT2D eigenvalue weighted by Crippen LogP contribution is 2.34. The lowest BCUT2D eigenvalue weighted by atomic mass is 9.86. The van der Waals surface area contributed by atoms with Crippen molar-refractivity contribution in [2.75, 3.05) is 50.7 Å². The van der Waals surface area contributed by atoms with E-state index in [0.29, 0.717) is 34.9 Å². The first-order valence-electron chi connectivity index (χ1n) is 14.8. The number of carbonyl (C=O) groups excluding carboxylic acids is 3. The molecule has 4 fully saturated rings. The van der Waals surface area contributed by atoms with Gasteiger partial charge in [0.05, 0.1) is 24.4 Å². The first-order chi connectivity index (χ1) is 19.0. The summed E-state index contributed by atoms with van der Waals surface area (Å²) in [5, 5.41) is 5.70. The van der Waals surface area contributed by atoms with Crippen molar-refractivity contribution in [2.24, 2.45) is 5.92 Å². The lowest BCUT2D eigenvalue weighted by Crippen LogP contribution is -2.52. The molecule has 1 atom stereocenters. The van der Waals surface area contributed by atoms with E-state index >= 15 is 4.39 Å². The summed E-state index contributed by atoms with van der Waals surface area (Å²) in [5.41, 5.74) is 1.20. The Balaban J connectivity index is 0.997. The molecule has 0 spiro atoms. The Kier molecular flexibility index (Phi) is 7.86. The van der Waals surface area contributed by atoms with Gasteiger partial charge in [-0.3, -0.25) is 24.6 Å². The molecule has 1 aromatic rings. The van der Waals surface area contributed by atoms with Gasteiger partial charge in [-0.05, 0) is 76.1 Å². The summed E-state index contributed by atoms with van der Waals surface area (Å²) in [4.78, 5) is 42.8. The fraction of sp³-hybridized carbons (Fsp3) is 0.690. The summed E-state index contributed by atoms with van der Waals surface area (Å²) in [6.07, 6.45) is 8.30. The van der Waals surface area contributed by atoms with Crippen LogP contribution in [0.3, 0.4) is 0 Å². The van der Waals surface area contributed by atoms with Crippen LogP contribution in [0.1, 0.15) is 67.3 Å². The minimum absolute atomic E-state index is 0.0596. The number of carbonyl (C=O) groups is 3. The molecule has 1 saturated carbocycles. The molecule has 2 N–H and O–H groups in total. The maximum Gasteiger partial charge on any atom is 0.255 e. The number of anilines is 1. The van der Waals surface area contributed by atoms with E-state index < -0.39 is 11.9 Å². The number of halogens is 1. The fourth-order valence-corrected chi connectivity index (χ4v) is 7.03. The van der Waals surface area contributed by atoms with Gasteiger partial charge in [0.25, 0.3) is 5.91 Å². The molecular weight excluding hydrogens is 501 g/mol. The van der Waals surface area contributed by atoms with Crippen molar-refractivity contribution in [2.45, 2.75) is 76.2 Å². The highest BCUT2D eigenvalue weighted by atomic mass is 19.1. The number of rotatable bonds is 6. The maximum atomic E-state index is 15.7. The third-order valence-corrected chi connectivity index (χ3v) is 9.32. The minimum Gasteiger partial charge on any atom is -0.375 e. The van der Waals surface area contributed by atoms with Crippen LogP contribution in [0, 0.1) is 11.7 Å². The van der Waals surface area contributed by atoms with Gasteiger partial charge in [-0.2, -0.15) is 0 Å². The molecule has 0 aromatic heterocycles. The molecule has 1 aliphatic carbocycles. The molecule has 3 saturated heterocycles. The van der Waals surface area contributed by atoms with Crippen LogP contribution in [-0.4, -0.2) is 91.6 Å². The first-order valence-corrected chi connectivity index (χ1v) is 14.8. The number of ether oxygens (including phenoxy) is 1. The van der Waals surface area contributed by atoms with E-state index in [9.17, 15) is 14.4 Å². The molecule has 1 aromatic carbocycles. The van der Waals surface area contributed by atoms with Crippen LogP contribution in [0.15, 0.2) is 12.1 Å². The van der Waals surface area contributed by atoms with Crippen molar-refractivity contribution in [3.8, 4) is 0 Å². The van der Waals surface area contributed by atoms with Crippen molar-refractivity contribution in [1.82, 2.24) is 20.4 Å². The average Bonchev–Trinajstić information content (AvgIpc) is 3.28. The van der Waals surface area contributed by atoms with Crippen LogP contribution in [0.5, 0.6) is 0 Å². The third kappa shape index (κ3) is 5.69. The Hall–Kier alpha value is -2.56. The number of benzene rings is 1. The molecule has 0 bridgehead atoms. The second kappa shape index (κ2) is 11.5. The molecule has 0 radical (unpaired) electrons. The topological polar surface area (TPSA) is 94.2 Å². The average molecular weight is 542 g/mol. The summed E-state index contributed by atoms with van der Waals surface area (Å²) in [5.74, 6) is -0.818. The highest BCUT2D eigenvalue weighted by Gasteiger charge is 2.41. The lowest BCUT2D eigenvalue weighted by molar-refractivity contribution is -0.136. The number of nitrogens with zero attached hydrogens (tertiary/aromatic N) is 3. The normalized spacial score (nSPS) is 29.1. The van der Waals surface area contributed by atoms with E-state index in [2.05, 4.69) is 20.4 Å². The summed E-state index contributed by atoms with van der Waals surface area (Å²) in [7, 11) is 0. The van der Waals surface area contributed by atoms with Crippen molar-refractivity contribution >= 4 is 23.4 Å². The number of amides is 3. The molecule has 4 aliphatic heterocycles. The zero-order chi connectivity index (χ0) is 26.9. The molecule has 1 unspecified atom stereocenters. The SMILES string of the molecule is O=C1CCC(N2Cc3c(ccc(N4CCN(CC5CCC(OC6CCNCC6)CC5)CC4)c3F)C2=O)C(=O)N1. The van der Waals surface area contributed by atoms with Gasteiger partial charge in [-0.25, -0.2) is 4.39 Å². The van der Waals surface area contributed by atoms with Gasteiger partial charge in [-0.1, -0.05) is 0 Å².